The molecule has 4 rings (SSSR count). The third-order valence-corrected chi connectivity index (χ3v) is 6.16. The van der Waals surface area contributed by atoms with Crippen molar-refractivity contribution in [1.29, 1.82) is 0 Å². The van der Waals surface area contributed by atoms with Crippen molar-refractivity contribution >= 4 is 11.8 Å². The third kappa shape index (κ3) is 3.26. The molecule has 2 nitrogen and oxygen atoms in total. The van der Waals surface area contributed by atoms with Crippen LogP contribution in [0.1, 0.15) is 42.0 Å². The van der Waals surface area contributed by atoms with Gasteiger partial charge in [-0.2, -0.15) is 0 Å². The van der Waals surface area contributed by atoms with E-state index in [1.165, 1.54) is 22.8 Å². The van der Waals surface area contributed by atoms with Gasteiger partial charge in [0.2, 0.25) is 0 Å². The monoisotopic (exact) mass is 364 g/mol. The lowest BCUT2D eigenvalue weighted by molar-refractivity contribution is 0.342. The Kier molecular flexibility index (Phi) is 4.53. The number of benzene rings is 2. The van der Waals surface area contributed by atoms with E-state index in [1.54, 1.807) is 30.2 Å². The highest BCUT2D eigenvalue weighted by Gasteiger charge is 2.41. The number of aromatic nitrogens is 2. The Bertz CT molecular complexity index is 939. The molecule has 0 spiro atoms. The summed E-state index contributed by atoms with van der Waals surface area (Å²) in [4.78, 5) is 8.87. The predicted octanol–water partition coefficient (Wildman–Crippen LogP) is 5.62. The summed E-state index contributed by atoms with van der Waals surface area (Å²) in [5.41, 5.74) is 5.03. The van der Waals surface area contributed by atoms with Crippen molar-refractivity contribution in [3.8, 4) is 0 Å². The molecule has 1 atom stereocenters. The van der Waals surface area contributed by atoms with Gasteiger partial charge in [-0.25, -0.2) is 14.4 Å². The van der Waals surface area contributed by atoms with Gasteiger partial charge in [-0.15, -0.1) is 11.8 Å². The van der Waals surface area contributed by atoms with Crippen LogP contribution >= 0.6 is 11.8 Å². The fourth-order valence-electron chi connectivity index (χ4n) is 4.01. The van der Waals surface area contributed by atoms with Crippen LogP contribution in [0.2, 0.25) is 0 Å². The van der Waals surface area contributed by atoms with E-state index in [4.69, 9.17) is 0 Å². The van der Waals surface area contributed by atoms with Gasteiger partial charge in [0.1, 0.15) is 17.2 Å². The van der Waals surface area contributed by atoms with Gasteiger partial charge < -0.3 is 0 Å². The molecule has 4 heteroatoms. The number of rotatable bonds is 4. The molecular weight excluding hydrogens is 343 g/mol. The molecule has 1 aliphatic carbocycles. The molecule has 26 heavy (non-hydrogen) atoms. The average Bonchev–Trinajstić information content (AvgIpc) is 2.90. The molecular formula is C22H21FN2S. The molecule has 0 N–H and O–H groups in total. The van der Waals surface area contributed by atoms with Crippen molar-refractivity contribution in [3.05, 3.63) is 89.1 Å². The van der Waals surface area contributed by atoms with Crippen LogP contribution in [0.25, 0.3) is 0 Å². The van der Waals surface area contributed by atoms with Crippen LogP contribution in [-0.2, 0) is 12.2 Å². The van der Waals surface area contributed by atoms with Crippen molar-refractivity contribution in [2.24, 2.45) is 5.41 Å². The van der Waals surface area contributed by atoms with Gasteiger partial charge in [0.15, 0.2) is 0 Å². The van der Waals surface area contributed by atoms with Gasteiger partial charge >= 0.3 is 0 Å². The number of halogens is 1. The van der Waals surface area contributed by atoms with Crippen LogP contribution in [0.5, 0.6) is 0 Å². The summed E-state index contributed by atoms with van der Waals surface area (Å²) >= 11 is 1.65. The van der Waals surface area contributed by atoms with E-state index in [9.17, 15) is 4.39 Å². The number of nitrogens with zero attached hydrogens (tertiary/aromatic N) is 2. The second kappa shape index (κ2) is 6.84. The minimum Gasteiger partial charge on any atom is -0.244 e. The number of thioether (sulfide) groups is 1. The predicted molar refractivity (Wildman–Crippen MR) is 104 cm³/mol. The lowest BCUT2D eigenvalue weighted by Crippen LogP contribution is -2.20. The first-order chi connectivity index (χ1) is 12.5. The first kappa shape index (κ1) is 17.2. The zero-order valence-corrected chi connectivity index (χ0v) is 15.8. The summed E-state index contributed by atoms with van der Waals surface area (Å²) in [7, 11) is 0. The highest BCUT2D eigenvalue weighted by molar-refractivity contribution is 7.98. The second-order valence-electron chi connectivity index (χ2n) is 7.50. The molecule has 0 fully saturated rings. The molecule has 0 aliphatic heterocycles. The van der Waals surface area contributed by atoms with E-state index in [1.807, 2.05) is 12.3 Å². The molecule has 1 aromatic heterocycles. The Hall–Kier alpha value is -2.20. The Morgan fingerprint density at radius 1 is 1.12 bits per heavy atom. The first-order valence-corrected chi connectivity index (χ1v) is 9.78. The van der Waals surface area contributed by atoms with E-state index in [2.05, 4.69) is 48.1 Å². The van der Waals surface area contributed by atoms with Crippen molar-refractivity contribution in [1.82, 2.24) is 9.97 Å². The lowest BCUT2D eigenvalue weighted by atomic mass is 9.76. The zero-order valence-electron chi connectivity index (χ0n) is 14.9. The van der Waals surface area contributed by atoms with Gasteiger partial charge in [-0.05, 0) is 40.7 Å². The maximum atomic E-state index is 13.5. The fraction of sp³-hybridized carbons (Fsp3) is 0.273. The Labute approximate surface area is 157 Å². The minimum atomic E-state index is -0.197. The standard InChI is InChI=1S/C22H21FN2S/c1-22(2)11-16-7-3-4-9-18(16)20(22)19-12-24-14-25-21(19)26-13-15-6-5-8-17(23)10-15/h3-10,12,14,20H,11,13H2,1-2H3. The van der Waals surface area contributed by atoms with Crippen molar-refractivity contribution in [2.75, 3.05) is 0 Å². The molecule has 3 aromatic rings. The molecule has 1 aliphatic rings. The Balaban J connectivity index is 1.68. The van der Waals surface area contributed by atoms with Gasteiger partial charge in [0.25, 0.3) is 0 Å². The molecule has 1 unspecified atom stereocenters. The van der Waals surface area contributed by atoms with Crippen molar-refractivity contribution in [2.45, 2.75) is 37.0 Å². The van der Waals surface area contributed by atoms with Crippen molar-refractivity contribution < 1.29 is 4.39 Å². The Morgan fingerprint density at radius 3 is 2.81 bits per heavy atom. The molecule has 0 bridgehead atoms. The largest absolute Gasteiger partial charge is 0.244 e. The molecule has 0 amide bonds. The first-order valence-electron chi connectivity index (χ1n) is 8.79. The number of fused-ring (bicyclic) bond motifs is 1. The van der Waals surface area contributed by atoms with E-state index in [0.717, 1.165) is 17.0 Å². The van der Waals surface area contributed by atoms with E-state index >= 15 is 0 Å². The molecule has 0 saturated carbocycles. The van der Waals surface area contributed by atoms with Crippen LogP contribution in [0.4, 0.5) is 4.39 Å². The van der Waals surface area contributed by atoms with Gasteiger partial charge in [-0.1, -0.05) is 50.2 Å². The average molecular weight is 364 g/mol. The van der Waals surface area contributed by atoms with Crippen LogP contribution in [0.15, 0.2) is 66.1 Å². The lowest BCUT2D eigenvalue weighted by Gasteiger charge is -2.28. The quantitative estimate of drug-likeness (QED) is 0.444. The number of hydrogen-bond acceptors (Lipinski definition) is 3. The number of hydrogen-bond donors (Lipinski definition) is 0. The van der Waals surface area contributed by atoms with Gasteiger partial charge in [-0.3, -0.25) is 0 Å². The smallest absolute Gasteiger partial charge is 0.123 e. The normalized spacial score (nSPS) is 17.9. The van der Waals surface area contributed by atoms with E-state index in [0.29, 0.717) is 5.75 Å². The summed E-state index contributed by atoms with van der Waals surface area (Å²) < 4.78 is 13.5. The SMILES string of the molecule is CC1(C)Cc2ccccc2C1c1cncnc1SCc1cccc(F)c1. The zero-order chi connectivity index (χ0) is 18.1. The minimum absolute atomic E-state index is 0.114. The fourth-order valence-corrected chi connectivity index (χ4v) is 4.95. The van der Waals surface area contributed by atoms with Crippen molar-refractivity contribution in [3.63, 3.8) is 0 Å². The maximum Gasteiger partial charge on any atom is 0.123 e. The third-order valence-electron chi connectivity index (χ3n) is 5.07. The summed E-state index contributed by atoms with van der Waals surface area (Å²) in [5.74, 6) is 0.767. The highest BCUT2D eigenvalue weighted by Crippen LogP contribution is 2.51. The van der Waals surface area contributed by atoms with Crippen LogP contribution in [0, 0.1) is 11.2 Å². The van der Waals surface area contributed by atoms with Gasteiger partial charge in [0, 0.05) is 23.4 Å². The Morgan fingerprint density at radius 2 is 1.96 bits per heavy atom. The summed E-state index contributed by atoms with van der Waals surface area (Å²) in [6.45, 7) is 4.62. The van der Waals surface area contributed by atoms with Crippen LogP contribution in [-0.4, -0.2) is 9.97 Å². The van der Waals surface area contributed by atoms with Crippen LogP contribution in [0.3, 0.4) is 0 Å². The topological polar surface area (TPSA) is 25.8 Å². The summed E-state index contributed by atoms with van der Waals surface area (Å²) in [6, 6.07) is 15.4. The molecule has 0 radical (unpaired) electrons. The van der Waals surface area contributed by atoms with Crippen LogP contribution < -0.4 is 0 Å². The molecule has 2 aromatic carbocycles. The van der Waals surface area contributed by atoms with E-state index in [-0.39, 0.29) is 17.2 Å². The van der Waals surface area contributed by atoms with E-state index < -0.39 is 0 Å². The highest BCUT2D eigenvalue weighted by atomic mass is 32.2. The second-order valence-corrected chi connectivity index (χ2v) is 8.46. The summed E-state index contributed by atoms with van der Waals surface area (Å²) in [6.07, 6.45) is 4.61. The molecule has 1 heterocycles. The van der Waals surface area contributed by atoms with Gasteiger partial charge in [0.05, 0.1) is 0 Å². The summed E-state index contributed by atoms with van der Waals surface area (Å²) in [5, 5.41) is 0.985. The molecule has 0 saturated heterocycles. The maximum absolute atomic E-state index is 13.5. The molecule has 132 valence electrons.